The number of aromatic nitrogens is 1. The van der Waals surface area contributed by atoms with E-state index < -0.39 is 0 Å². The van der Waals surface area contributed by atoms with Crippen molar-refractivity contribution in [1.82, 2.24) is 4.57 Å². The molecule has 2 aromatic carbocycles. The summed E-state index contributed by atoms with van der Waals surface area (Å²) in [6.45, 7) is 0.659. The zero-order valence-corrected chi connectivity index (χ0v) is 12.2. The number of hydrogen-bond acceptors (Lipinski definition) is 0. The molecule has 3 aromatic rings. The van der Waals surface area contributed by atoms with E-state index in [9.17, 15) is 4.39 Å². The normalized spacial score (nSPS) is 11.1. The van der Waals surface area contributed by atoms with Crippen LogP contribution < -0.4 is 0 Å². The summed E-state index contributed by atoms with van der Waals surface area (Å²) in [6.07, 6.45) is 1.99. The molecule has 0 bridgehead atoms. The predicted octanol–water partition coefficient (Wildman–Crippen LogP) is 5.24. The molecular weight excluding hydrogens is 329 g/mol. The molecule has 4 heteroatoms. The monoisotopic (exact) mass is 337 g/mol. The van der Waals surface area contributed by atoms with Crippen LogP contribution in [0.4, 0.5) is 4.39 Å². The van der Waals surface area contributed by atoms with Crippen molar-refractivity contribution in [3.8, 4) is 0 Å². The standard InChI is InChI=1S/C15H10BrClFN/c16-12-8-10(4-5-14(12)18)9-19-7-6-11-2-1-3-13(17)15(11)19/h1-8H,9H2. The van der Waals surface area contributed by atoms with Crippen molar-refractivity contribution in [2.24, 2.45) is 0 Å². The quantitative estimate of drug-likeness (QED) is 0.602. The highest BCUT2D eigenvalue weighted by Crippen LogP contribution is 2.26. The summed E-state index contributed by atoms with van der Waals surface area (Å²) in [5.74, 6) is -0.251. The average molecular weight is 339 g/mol. The minimum Gasteiger partial charge on any atom is -0.342 e. The maximum atomic E-state index is 13.2. The largest absolute Gasteiger partial charge is 0.342 e. The Morgan fingerprint density at radius 1 is 1.16 bits per heavy atom. The fourth-order valence-corrected chi connectivity index (χ4v) is 2.90. The summed E-state index contributed by atoms with van der Waals surface area (Å²) in [7, 11) is 0. The molecule has 1 aromatic heterocycles. The highest BCUT2D eigenvalue weighted by Gasteiger charge is 2.06. The minimum atomic E-state index is -0.251. The van der Waals surface area contributed by atoms with Crippen molar-refractivity contribution in [3.05, 3.63) is 69.5 Å². The first-order chi connectivity index (χ1) is 9.15. The maximum Gasteiger partial charge on any atom is 0.137 e. The summed E-state index contributed by atoms with van der Waals surface area (Å²) in [6, 6.07) is 12.9. The molecule has 3 rings (SSSR count). The van der Waals surface area contributed by atoms with Gasteiger partial charge in [0.2, 0.25) is 0 Å². The van der Waals surface area contributed by atoms with E-state index in [0.29, 0.717) is 11.0 Å². The van der Waals surface area contributed by atoms with Gasteiger partial charge in [0.1, 0.15) is 5.82 Å². The van der Waals surface area contributed by atoms with E-state index >= 15 is 0 Å². The number of hydrogen-bond donors (Lipinski definition) is 0. The summed E-state index contributed by atoms with van der Waals surface area (Å²) in [5.41, 5.74) is 2.02. The highest BCUT2D eigenvalue weighted by molar-refractivity contribution is 9.10. The van der Waals surface area contributed by atoms with Crippen LogP contribution in [0.5, 0.6) is 0 Å². The summed E-state index contributed by atoms with van der Waals surface area (Å²) >= 11 is 9.44. The van der Waals surface area contributed by atoms with Crippen LogP contribution in [0.1, 0.15) is 5.56 Å². The van der Waals surface area contributed by atoms with Crippen LogP contribution in [0.25, 0.3) is 10.9 Å². The second-order valence-electron chi connectivity index (χ2n) is 4.37. The number of halogens is 3. The van der Waals surface area contributed by atoms with Crippen molar-refractivity contribution < 1.29 is 4.39 Å². The third kappa shape index (κ3) is 2.40. The Labute approximate surface area is 123 Å². The number of nitrogens with zero attached hydrogens (tertiary/aromatic N) is 1. The van der Waals surface area contributed by atoms with Crippen LogP contribution in [0.2, 0.25) is 5.02 Å². The van der Waals surface area contributed by atoms with Gasteiger partial charge in [-0.25, -0.2) is 4.39 Å². The number of benzene rings is 2. The zero-order chi connectivity index (χ0) is 13.4. The fraction of sp³-hybridized carbons (Fsp3) is 0.0667. The molecule has 0 spiro atoms. The predicted molar refractivity (Wildman–Crippen MR) is 80.2 cm³/mol. The van der Waals surface area contributed by atoms with Crippen LogP contribution in [0.15, 0.2) is 53.1 Å². The summed E-state index contributed by atoms with van der Waals surface area (Å²) in [4.78, 5) is 0. The van der Waals surface area contributed by atoms with Crippen LogP contribution in [0, 0.1) is 5.82 Å². The third-order valence-corrected chi connectivity index (χ3v) is 3.99. The molecular formula is C15H10BrClFN. The molecule has 1 heterocycles. The zero-order valence-electron chi connectivity index (χ0n) is 9.91. The fourth-order valence-electron chi connectivity index (χ4n) is 2.18. The first-order valence-electron chi connectivity index (χ1n) is 5.82. The van der Waals surface area contributed by atoms with E-state index in [1.165, 1.54) is 6.07 Å². The lowest BCUT2D eigenvalue weighted by Gasteiger charge is -2.08. The average Bonchev–Trinajstić information content (AvgIpc) is 2.79. The lowest BCUT2D eigenvalue weighted by atomic mass is 10.2. The van der Waals surface area contributed by atoms with Gasteiger partial charge in [0.25, 0.3) is 0 Å². The molecule has 0 atom stereocenters. The van der Waals surface area contributed by atoms with Gasteiger partial charge >= 0.3 is 0 Å². The van der Waals surface area contributed by atoms with Crippen LogP contribution in [-0.2, 0) is 6.54 Å². The Bertz CT molecular complexity index is 751. The number of para-hydroxylation sites is 1. The Morgan fingerprint density at radius 3 is 2.79 bits per heavy atom. The van der Waals surface area contributed by atoms with E-state index in [-0.39, 0.29) is 5.82 Å². The first-order valence-corrected chi connectivity index (χ1v) is 6.99. The van der Waals surface area contributed by atoms with Crippen molar-refractivity contribution in [2.45, 2.75) is 6.54 Å². The molecule has 0 unspecified atom stereocenters. The molecule has 0 fully saturated rings. The van der Waals surface area contributed by atoms with Crippen LogP contribution >= 0.6 is 27.5 Å². The second-order valence-corrected chi connectivity index (χ2v) is 5.63. The van der Waals surface area contributed by atoms with Gasteiger partial charge in [-0.05, 0) is 45.8 Å². The van der Waals surface area contributed by atoms with Gasteiger partial charge in [0.15, 0.2) is 0 Å². The number of rotatable bonds is 2. The topological polar surface area (TPSA) is 4.93 Å². The van der Waals surface area contributed by atoms with Crippen LogP contribution in [0.3, 0.4) is 0 Å². The molecule has 0 saturated heterocycles. The lowest BCUT2D eigenvalue weighted by Crippen LogP contribution is -1.98. The molecule has 0 radical (unpaired) electrons. The van der Waals surface area contributed by atoms with Crippen molar-refractivity contribution in [1.29, 1.82) is 0 Å². The van der Waals surface area contributed by atoms with E-state index in [1.54, 1.807) is 12.1 Å². The molecule has 96 valence electrons. The lowest BCUT2D eigenvalue weighted by molar-refractivity contribution is 0.619. The molecule has 19 heavy (non-hydrogen) atoms. The minimum absolute atomic E-state index is 0.251. The van der Waals surface area contributed by atoms with Crippen molar-refractivity contribution in [3.63, 3.8) is 0 Å². The Kier molecular flexibility index (Phi) is 3.33. The van der Waals surface area contributed by atoms with Crippen molar-refractivity contribution >= 4 is 38.4 Å². The van der Waals surface area contributed by atoms with Crippen molar-refractivity contribution in [2.75, 3.05) is 0 Å². The van der Waals surface area contributed by atoms with Gasteiger partial charge in [0, 0.05) is 18.1 Å². The first kappa shape index (κ1) is 12.7. The molecule has 0 aliphatic rings. The van der Waals surface area contributed by atoms with Gasteiger partial charge in [-0.1, -0.05) is 29.8 Å². The number of fused-ring (bicyclic) bond motifs is 1. The van der Waals surface area contributed by atoms with E-state index in [2.05, 4.69) is 20.5 Å². The SMILES string of the molecule is Fc1ccc(Cn2ccc3cccc(Cl)c32)cc1Br. The molecule has 0 N–H and O–H groups in total. The second kappa shape index (κ2) is 4.99. The van der Waals surface area contributed by atoms with Gasteiger partial charge in [-0.2, -0.15) is 0 Å². The van der Waals surface area contributed by atoms with Gasteiger partial charge in [0.05, 0.1) is 15.0 Å². The molecule has 0 aliphatic carbocycles. The van der Waals surface area contributed by atoms with Crippen LogP contribution in [-0.4, -0.2) is 4.57 Å². The van der Waals surface area contributed by atoms with E-state index in [1.807, 2.05) is 30.5 Å². The molecule has 0 saturated carbocycles. The van der Waals surface area contributed by atoms with E-state index in [0.717, 1.165) is 21.5 Å². The maximum absolute atomic E-state index is 13.2. The van der Waals surface area contributed by atoms with Gasteiger partial charge < -0.3 is 4.57 Å². The summed E-state index contributed by atoms with van der Waals surface area (Å²) in [5, 5.41) is 1.83. The molecule has 0 amide bonds. The Balaban J connectivity index is 2.03. The van der Waals surface area contributed by atoms with Gasteiger partial charge in [-0.15, -0.1) is 0 Å². The smallest absolute Gasteiger partial charge is 0.137 e. The third-order valence-electron chi connectivity index (χ3n) is 3.08. The highest BCUT2D eigenvalue weighted by atomic mass is 79.9. The van der Waals surface area contributed by atoms with Gasteiger partial charge in [-0.3, -0.25) is 0 Å². The van der Waals surface area contributed by atoms with E-state index in [4.69, 9.17) is 11.6 Å². The Morgan fingerprint density at radius 2 is 2.00 bits per heavy atom. The summed E-state index contributed by atoms with van der Waals surface area (Å²) < 4.78 is 15.8. The molecule has 0 aliphatic heterocycles. The molecule has 1 nitrogen and oxygen atoms in total. The Hall–Kier alpha value is -1.32.